The van der Waals surface area contributed by atoms with Crippen molar-refractivity contribution < 1.29 is 9.13 Å². The van der Waals surface area contributed by atoms with Gasteiger partial charge in [-0.05, 0) is 30.3 Å². The van der Waals surface area contributed by atoms with E-state index >= 15 is 0 Å². The highest BCUT2D eigenvalue weighted by molar-refractivity contribution is 5.77. The lowest BCUT2D eigenvalue weighted by Crippen LogP contribution is -2.14. The van der Waals surface area contributed by atoms with E-state index in [1.807, 2.05) is 0 Å². The second-order valence-electron chi connectivity index (χ2n) is 4.13. The fourth-order valence-electron chi connectivity index (χ4n) is 2.09. The molecule has 0 unspecified atom stereocenters. The van der Waals surface area contributed by atoms with Gasteiger partial charge in [-0.25, -0.2) is 9.18 Å². The lowest BCUT2D eigenvalue weighted by atomic mass is 10.2. The van der Waals surface area contributed by atoms with E-state index in [0.29, 0.717) is 22.5 Å². The molecular weight excluding hydrogens is 247 g/mol. The first kappa shape index (κ1) is 11.5. The summed E-state index contributed by atoms with van der Waals surface area (Å²) in [4.78, 5) is 14.6. The number of aromatic amines is 1. The number of hydrogen-bond acceptors (Lipinski definition) is 2. The summed E-state index contributed by atoms with van der Waals surface area (Å²) in [6, 6.07) is 11.3. The minimum absolute atomic E-state index is 0.311. The van der Waals surface area contributed by atoms with Gasteiger partial charge >= 0.3 is 5.69 Å². The molecule has 0 aliphatic carbocycles. The summed E-state index contributed by atoms with van der Waals surface area (Å²) in [6.45, 7) is 0. The molecule has 0 atom stereocenters. The molecule has 2 aromatic carbocycles. The molecule has 5 heteroatoms. The molecule has 0 radical (unpaired) electrons. The maximum Gasteiger partial charge on any atom is 0.331 e. The number of H-pyrrole nitrogens is 1. The lowest BCUT2D eigenvalue weighted by molar-refractivity contribution is 0.414. The Morgan fingerprint density at radius 3 is 2.84 bits per heavy atom. The predicted octanol–water partition coefficient (Wildman–Crippen LogP) is 2.47. The summed E-state index contributed by atoms with van der Waals surface area (Å²) in [5.41, 5.74) is 1.45. The van der Waals surface area contributed by atoms with Crippen molar-refractivity contribution in [1.82, 2.24) is 9.55 Å². The molecule has 96 valence electrons. The molecule has 19 heavy (non-hydrogen) atoms. The number of fused-ring (bicyclic) bond motifs is 1. The van der Waals surface area contributed by atoms with Crippen molar-refractivity contribution in [2.24, 2.45) is 0 Å². The Morgan fingerprint density at radius 1 is 1.21 bits per heavy atom. The van der Waals surface area contributed by atoms with E-state index in [-0.39, 0.29) is 11.5 Å². The summed E-state index contributed by atoms with van der Waals surface area (Å²) in [6.07, 6.45) is 0. The van der Waals surface area contributed by atoms with Crippen LogP contribution in [-0.4, -0.2) is 16.7 Å². The van der Waals surface area contributed by atoms with Crippen LogP contribution < -0.4 is 10.4 Å². The number of halogens is 1. The van der Waals surface area contributed by atoms with Crippen LogP contribution in [0.1, 0.15) is 0 Å². The summed E-state index contributed by atoms with van der Waals surface area (Å²) < 4.78 is 19.8. The van der Waals surface area contributed by atoms with Gasteiger partial charge in [-0.15, -0.1) is 0 Å². The average molecular weight is 258 g/mol. The highest BCUT2D eigenvalue weighted by atomic mass is 19.1. The maximum absolute atomic E-state index is 13.1. The molecule has 3 aromatic rings. The van der Waals surface area contributed by atoms with E-state index in [1.165, 1.54) is 16.7 Å². The number of ether oxygens (including phenoxy) is 1. The van der Waals surface area contributed by atoms with Gasteiger partial charge in [0.2, 0.25) is 0 Å². The van der Waals surface area contributed by atoms with Gasteiger partial charge in [0.05, 0.1) is 23.8 Å². The summed E-state index contributed by atoms with van der Waals surface area (Å²) in [7, 11) is 1.56. The van der Waals surface area contributed by atoms with E-state index < -0.39 is 0 Å². The maximum atomic E-state index is 13.1. The summed E-state index contributed by atoms with van der Waals surface area (Å²) in [5.74, 6) is 0.271. The highest BCUT2D eigenvalue weighted by Gasteiger charge is 2.09. The first-order valence-electron chi connectivity index (χ1n) is 5.74. The van der Waals surface area contributed by atoms with Crippen LogP contribution in [0.3, 0.4) is 0 Å². The Kier molecular flexibility index (Phi) is 2.59. The number of benzene rings is 2. The Labute approximate surface area is 108 Å². The molecule has 1 heterocycles. The zero-order valence-electron chi connectivity index (χ0n) is 10.2. The Bertz CT molecular complexity index is 805. The molecule has 0 aliphatic rings. The zero-order chi connectivity index (χ0) is 13.4. The largest absolute Gasteiger partial charge is 0.497 e. The third-order valence-corrected chi connectivity index (χ3v) is 2.96. The molecule has 1 aromatic heterocycles. The number of aromatic nitrogens is 2. The topological polar surface area (TPSA) is 47.0 Å². The van der Waals surface area contributed by atoms with Crippen molar-refractivity contribution >= 4 is 11.0 Å². The third kappa shape index (κ3) is 1.89. The first-order valence-corrected chi connectivity index (χ1v) is 5.74. The Balaban J connectivity index is 2.29. The molecule has 0 aliphatic heterocycles. The van der Waals surface area contributed by atoms with E-state index in [2.05, 4.69) is 4.98 Å². The van der Waals surface area contributed by atoms with Crippen molar-refractivity contribution in [2.75, 3.05) is 7.11 Å². The fourth-order valence-corrected chi connectivity index (χ4v) is 2.09. The molecule has 0 amide bonds. The van der Waals surface area contributed by atoms with Crippen molar-refractivity contribution in [3.8, 4) is 11.4 Å². The number of methoxy groups -OCH3 is 1. The van der Waals surface area contributed by atoms with E-state index in [1.54, 1.807) is 37.4 Å². The zero-order valence-corrected chi connectivity index (χ0v) is 10.2. The third-order valence-electron chi connectivity index (χ3n) is 2.96. The fraction of sp³-hybridized carbons (Fsp3) is 0.0714. The van der Waals surface area contributed by atoms with Gasteiger partial charge in [-0.1, -0.05) is 6.07 Å². The molecule has 4 nitrogen and oxygen atoms in total. The summed E-state index contributed by atoms with van der Waals surface area (Å²) >= 11 is 0. The molecule has 0 bridgehead atoms. The normalized spacial score (nSPS) is 10.8. The number of nitrogens with one attached hydrogen (secondary N) is 1. The van der Waals surface area contributed by atoms with E-state index in [9.17, 15) is 9.18 Å². The van der Waals surface area contributed by atoms with Crippen molar-refractivity contribution in [3.63, 3.8) is 0 Å². The second-order valence-corrected chi connectivity index (χ2v) is 4.13. The smallest absolute Gasteiger partial charge is 0.331 e. The number of rotatable bonds is 2. The van der Waals surface area contributed by atoms with Gasteiger partial charge in [0, 0.05) is 6.07 Å². The van der Waals surface area contributed by atoms with Crippen molar-refractivity contribution in [2.45, 2.75) is 0 Å². The summed E-state index contributed by atoms with van der Waals surface area (Å²) in [5, 5.41) is 0. The lowest BCUT2D eigenvalue weighted by Gasteiger charge is -2.05. The van der Waals surface area contributed by atoms with Crippen LogP contribution in [0.25, 0.3) is 16.7 Å². The molecule has 0 spiro atoms. The van der Waals surface area contributed by atoms with Crippen molar-refractivity contribution in [1.29, 1.82) is 0 Å². The van der Waals surface area contributed by atoms with E-state index in [0.717, 1.165) is 0 Å². The standard InChI is InChI=1S/C14H11FN2O2/c1-19-11-4-2-3-10(8-11)17-13-6-5-9(15)7-12(13)16-14(17)18/h2-8H,1H3,(H,16,18). The van der Waals surface area contributed by atoms with E-state index in [4.69, 9.17) is 4.74 Å². The van der Waals surface area contributed by atoms with Gasteiger partial charge in [0.1, 0.15) is 11.6 Å². The van der Waals surface area contributed by atoms with Gasteiger partial charge in [0.25, 0.3) is 0 Å². The van der Waals surface area contributed by atoms with Gasteiger partial charge in [-0.3, -0.25) is 4.57 Å². The highest BCUT2D eigenvalue weighted by Crippen LogP contribution is 2.20. The number of hydrogen-bond donors (Lipinski definition) is 1. The Morgan fingerprint density at radius 2 is 2.05 bits per heavy atom. The molecular formula is C14H11FN2O2. The molecule has 0 fully saturated rings. The SMILES string of the molecule is COc1cccc(-n2c(=O)[nH]c3cc(F)ccc32)c1. The van der Waals surface area contributed by atoms with Crippen LogP contribution >= 0.6 is 0 Å². The second kappa shape index (κ2) is 4.28. The van der Waals surface area contributed by atoms with Crippen LogP contribution in [0.5, 0.6) is 5.75 Å². The number of nitrogens with zero attached hydrogens (tertiary/aromatic N) is 1. The van der Waals surface area contributed by atoms with Crippen LogP contribution in [0.15, 0.2) is 47.3 Å². The Hall–Kier alpha value is -2.56. The van der Waals surface area contributed by atoms with Gasteiger partial charge in [0.15, 0.2) is 0 Å². The molecule has 1 N–H and O–H groups in total. The average Bonchev–Trinajstić information content (AvgIpc) is 2.73. The minimum atomic E-state index is -0.383. The van der Waals surface area contributed by atoms with Crippen LogP contribution in [0, 0.1) is 5.82 Å². The van der Waals surface area contributed by atoms with Gasteiger partial charge in [-0.2, -0.15) is 0 Å². The molecule has 0 saturated heterocycles. The van der Waals surface area contributed by atoms with Crippen LogP contribution in [0.2, 0.25) is 0 Å². The first-order chi connectivity index (χ1) is 9.19. The van der Waals surface area contributed by atoms with Crippen LogP contribution in [-0.2, 0) is 0 Å². The monoisotopic (exact) mass is 258 g/mol. The quantitative estimate of drug-likeness (QED) is 0.767. The van der Waals surface area contributed by atoms with Crippen molar-refractivity contribution in [3.05, 3.63) is 58.8 Å². The molecule has 3 rings (SSSR count). The van der Waals surface area contributed by atoms with Gasteiger partial charge < -0.3 is 9.72 Å². The number of imidazole rings is 1. The predicted molar refractivity (Wildman–Crippen MR) is 70.4 cm³/mol. The van der Waals surface area contributed by atoms with Crippen LogP contribution in [0.4, 0.5) is 4.39 Å². The molecule has 0 saturated carbocycles. The minimum Gasteiger partial charge on any atom is -0.497 e.